The predicted molar refractivity (Wildman–Crippen MR) is 63.2 cm³/mol. The van der Waals surface area contributed by atoms with Gasteiger partial charge in [-0.1, -0.05) is 13.8 Å². The van der Waals surface area contributed by atoms with E-state index in [0.717, 1.165) is 18.8 Å². The molecule has 1 aromatic rings. The Morgan fingerprint density at radius 3 is 2.53 bits per heavy atom. The van der Waals surface area contributed by atoms with Gasteiger partial charge in [-0.15, -0.1) is 0 Å². The largest absolute Gasteiger partial charge is 0.475 e. The van der Waals surface area contributed by atoms with Crippen molar-refractivity contribution in [2.75, 3.05) is 0 Å². The van der Waals surface area contributed by atoms with Crippen LogP contribution in [-0.4, -0.2) is 16.1 Å². The fraction of sp³-hybridized carbons (Fsp3) is 0.692. The van der Waals surface area contributed by atoms with Gasteiger partial charge in [0.25, 0.3) is 0 Å². The fourth-order valence-corrected chi connectivity index (χ4v) is 2.46. The van der Waals surface area contributed by atoms with Crippen molar-refractivity contribution in [1.29, 1.82) is 0 Å². The van der Waals surface area contributed by atoms with Gasteiger partial charge in [0.2, 0.25) is 5.76 Å². The molecule has 0 amide bonds. The van der Waals surface area contributed by atoms with Gasteiger partial charge in [0.05, 0.1) is 5.69 Å². The Morgan fingerprint density at radius 1 is 1.41 bits per heavy atom. The van der Waals surface area contributed by atoms with Crippen LogP contribution in [0.5, 0.6) is 0 Å². The van der Waals surface area contributed by atoms with Crippen LogP contribution in [0.4, 0.5) is 0 Å². The molecule has 1 aliphatic rings. The number of carboxylic acids is 1. The van der Waals surface area contributed by atoms with Gasteiger partial charge in [0, 0.05) is 5.92 Å². The molecule has 0 unspecified atom stereocenters. The standard InChI is InChI=1S/C13H19NO3/c1-3-10-11(13(15)16)17-12(14-10)9-6-4-8(2)5-7-9/h8-9H,3-7H2,1-2H3,(H,15,16). The van der Waals surface area contributed by atoms with Gasteiger partial charge < -0.3 is 9.52 Å². The third kappa shape index (κ3) is 2.51. The summed E-state index contributed by atoms with van der Waals surface area (Å²) in [6.07, 6.45) is 5.08. The van der Waals surface area contributed by atoms with Crippen molar-refractivity contribution < 1.29 is 14.3 Å². The highest BCUT2D eigenvalue weighted by Crippen LogP contribution is 2.35. The molecular weight excluding hydrogens is 218 g/mol. The van der Waals surface area contributed by atoms with Crippen LogP contribution in [0.2, 0.25) is 0 Å². The second kappa shape index (κ2) is 4.90. The second-order valence-electron chi connectivity index (χ2n) is 4.94. The Labute approximate surface area is 101 Å². The Hall–Kier alpha value is -1.32. The molecule has 1 heterocycles. The van der Waals surface area contributed by atoms with Gasteiger partial charge in [-0.2, -0.15) is 0 Å². The minimum absolute atomic E-state index is 0.0288. The molecule has 0 atom stereocenters. The maximum absolute atomic E-state index is 11.0. The molecule has 1 N–H and O–H groups in total. The SMILES string of the molecule is CCc1nc(C2CCC(C)CC2)oc1C(=O)O. The summed E-state index contributed by atoms with van der Waals surface area (Å²) in [6, 6.07) is 0. The van der Waals surface area contributed by atoms with Crippen LogP contribution in [-0.2, 0) is 6.42 Å². The molecular formula is C13H19NO3. The first-order chi connectivity index (χ1) is 8.11. The molecule has 4 nitrogen and oxygen atoms in total. The Kier molecular flexibility index (Phi) is 3.50. The van der Waals surface area contributed by atoms with Crippen LogP contribution in [0, 0.1) is 5.92 Å². The van der Waals surface area contributed by atoms with Crippen molar-refractivity contribution in [3.8, 4) is 0 Å². The molecule has 1 aromatic heterocycles. The van der Waals surface area contributed by atoms with Crippen molar-refractivity contribution in [3.63, 3.8) is 0 Å². The first-order valence-electron chi connectivity index (χ1n) is 6.34. The highest BCUT2D eigenvalue weighted by Gasteiger charge is 2.26. The van der Waals surface area contributed by atoms with Crippen molar-refractivity contribution >= 4 is 5.97 Å². The number of oxazole rings is 1. The molecule has 2 rings (SSSR count). The van der Waals surface area contributed by atoms with Crippen molar-refractivity contribution in [2.45, 2.75) is 51.9 Å². The third-order valence-electron chi connectivity index (χ3n) is 3.61. The lowest BCUT2D eigenvalue weighted by Gasteiger charge is -2.23. The summed E-state index contributed by atoms with van der Waals surface area (Å²) in [6.45, 7) is 4.16. The lowest BCUT2D eigenvalue weighted by Crippen LogP contribution is -2.11. The van der Waals surface area contributed by atoms with E-state index in [1.807, 2.05) is 6.92 Å². The highest BCUT2D eigenvalue weighted by molar-refractivity contribution is 5.85. The topological polar surface area (TPSA) is 63.3 Å². The molecule has 0 spiro atoms. The van der Waals surface area contributed by atoms with Gasteiger partial charge in [-0.05, 0) is 38.0 Å². The Bertz CT molecular complexity index is 403. The number of carboxylic acid groups (broad SMARTS) is 1. The number of carbonyl (C=O) groups is 1. The van der Waals surface area contributed by atoms with E-state index >= 15 is 0 Å². The number of rotatable bonds is 3. The molecule has 4 heteroatoms. The van der Waals surface area contributed by atoms with E-state index in [1.54, 1.807) is 0 Å². The zero-order valence-electron chi connectivity index (χ0n) is 10.4. The summed E-state index contributed by atoms with van der Waals surface area (Å²) in [4.78, 5) is 15.3. The fourth-order valence-electron chi connectivity index (χ4n) is 2.46. The Morgan fingerprint density at radius 2 is 2.06 bits per heavy atom. The van der Waals surface area contributed by atoms with Gasteiger partial charge in [-0.3, -0.25) is 0 Å². The van der Waals surface area contributed by atoms with E-state index in [0.29, 0.717) is 23.9 Å². The molecule has 0 radical (unpaired) electrons. The second-order valence-corrected chi connectivity index (χ2v) is 4.94. The zero-order chi connectivity index (χ0) is 12.4. The number of aromatic carboxylic acids is 1. The first-order valence-corrected chi connectivity index (χ1v) is 6.34. The number of nitrogens with zero attached hydrogens (tertiary/aromatic N) is 1. The van der Waals surface area contributed by atoms with E-state index in [1.165, 1.54) is 12.8 Å². The number of aryl methyl sites for hydroxylation is 1. The average molecular weight is 237 g/mol. The normalized spacial score (nSPS) is 24.8. The van der Waals surface area contributed by atoms with E-state index in [9.17, 15) is 4.79 Å². The summed E-state index contributed by atoms with van der Waals surface area (Å²) in [5, 5.41) is 9.02. The zero-order valence-corrected chi connectivity index (χ0v) is 10.4. The summed E-state index contributed by atoms with van der Waals surface area (Å²) in [5.74, 6) is 0.729. The molecule has 1 aliphatic carbocycles. The van der Waals surface area contributed by atoms with E-state index < -0.39 is 5.97 Å². The number of hydrogen-bond donors (Lipinski definition) is 1. The Balaban J connectivity index is 2.19. The van der Waals surface area contributed by atoms with Gasteiger partial charge in [-0.25, -0.2) is 9.78 Å². The van der Waals surface area contributed by atoms with Crippen LogP contribution < -0.4 is 0 Å². The minimum atomic E-state index is -1.01. The summed E-state index contributed by atoms with van der Waals surface area (Å²) in [7, 11) is 0. The summed E-state index contributed by atoms with van der Waals surface area (Å²) in [5.41, 5.74) is 0.575. The lowest BCUT2D eigenvalue weighted by atomic mass is 9.83. The quantitative estimate of drug-likeness (QED) is 0.876. The summed E-state index contributed by atoms with van der Waals surface area (Å²) >= 11 is 0. The molecule has 0 aliphatic heterocycles. The molecule has 1 saturated carbocycles. The van der Waals surface area contributed by atoms with Crippen molar-refractivity contribution in [2.24, 2.45) is 5.92 Å². The van der Waals surface area contributed by atoms with Crippen LogP contribution >= 0.6 is 0 Å². The maximum Gasteiger partial charge on any atom is 0.373 e. The van der Waals surface area contributed by atoms with E-state index in [2.05, 4.69) is 11.9 Å². The molecule has 1 fully saturated rings. The molecule has 0 aromatic carbocycles. The van der Waals surface area contributed by atoms with Crippen LogP contribution in [0.25, 0.3) is 0 Å². The first kappa shape index (κ1) is 12.1. The smallest absolute Gasteiger partial charge is 0.373 e. The monoisotopic (exact) mass is 237 g/mol. The highest BCUT2D eigenvalue weighted by atomic mass is 16.4. The molecule has 17 heavy (non-hydrogen) atoms. The maximum atomic E-state index is 11.0. The number of hydrogen-bond acceptors (Lipinski definition) is 3. The van der Waals surface area contributed by atoms with Crippen molar-refractivity contribution in [1.82, 2.24) is 4.98 Å². The molecule has 0 saturated heterocycles. The van der Waals surface area contributed by atoms with Gasteiger partial charge in [0.1, 0.15) is 0 Å². The molecule has 0 bridgehead atoms. The summed E-state index contributed by atoms with van der Waals surface area (Å²) < 4.78 is 5.43. The lowest BCUT2D eigenvalue weighted by molar-refractivity contribution is 0.0657. The number of aromatic nitrogens is 1. The minimum Gasteiger partial charge on any atom is -0.475 e. The molecule has 94 valence electrons. The van der Waals surface area contributed by atoms with Crippen molar-refractivity contribution in [3.05, 3.63) is 17.3 Å². The van der Waals surface area contributed by atoms with Gasteiger partial charge >= 0.3 is 5.97 Å². The van der Waals surface area contributed by atoms with E-state index in [4.69, 9.17) is 9.52 Å². The van der Waals surface area contributed by atoms with Crippen LogP contribution in [0.15, 0.2) is 4.42 Å². The van der Waals surface area contributed by atoms with Crippen LogP contribution in [0.1, 0.15) is 67.6 Å². The third-order valence-corrected chi connectivity index (χ3v) is 3.61. The predicted octanol–water partition coefficient (Wildman–Crippen LogP) is 3.23. The van der Waals surface area contributed by atoms with Gasteiger partial charge in [0.15, 0.2) is 5.89 Å². The van der Waals surface area contributed by atoms with E-state index in [-0.39, 0.29) is 5.76 Å². The average Bonchev–Trinajstić information content (AvgIpc) is 2.74. The van der Waals surface area contributed by atoms with Crippen LogP contribution in [0.3, 0.4) is 0 Å².